The highest BCUT2D eigenvalue weighted by Gasteiger charge is 2.81. The van der Waals surface area contributed by atoms with Crippen LogP contribution in [0.2, 0.25) is 0 Å². The van der Waals surface area contributed by atoms with E-state index in [1.807, 2.05) is 6.92 Å². The van der Waals surface area contributed by atoms with Gasteiger partial charge in [-0.05, 0) is 19.9 Å². The minimum Gasteiger partial charge on any atom is -0.462 e. The van der Waals surface area contributed by atoms with Gasteiger partial charge in [-0.15, -0.1) is 0 Å². The van der Waals surface area contributed by atoms with Crippen LogP contribution in [-0.4, -0.2) is 71.8 Å². The fourth-order valence-corrected chi connectivity index (χ4v) is 5.90. The average Bonchev–Trinajstić information content (AvgIpc) is 3.57. The molecule has 1 spiro atoms. The zero-order valence-electron chi connectivity index (χ0n) is 17.7. The molecule has 0 aromatic heterocycles. The van der Waals surface area contributed by atoms with Crippen LogP contribution >= 0.6 is 0 Å². The van der Waals surface area contributed by atoms with Gasteiger partial charge in [0.1, 0.15) is 36.1 Å². The Hall–Kier alpha value is -2.23. The normalized spacial score (nSPS) is 47.1. The van der Waals surface area contributed by atoms with Gasteiger partial charge in [-0.25, -0.2) is 9.59 Å². The fourth-order valence-electron chi connectivity index (χ4n) is 5.90. The smallest absolute Gasteiger partial charge is 0.334 e. The molecule has 2 saturated carbocycles. The average molecular weight is 434 g/mol. The molecule has 1 N–H and O–H groups in total. The molecule has 168 valence electrons. The molecule has 9 nitrogen and oxygen atoms in total. The van der Waals surface area contributed by atoms with Crippen molar-refractivity contribution in [2.75, 3.05) is 13.2 Å². The Bertz CT molecular complexity index is 903. The molecule has 9 atom stereocenters. The number of carbonyl (C=O) groups is 3. The van der Waals surface area contributed by atoms with Crippen LogP contribution in [0.15, 0.2) is 23.8 Å². The monoisotopic (exact) mass is 434 g/mol. The molecule has 5 aliphatic rings. The van der Waals surface area contributed by atoms with Crippen molar-refractivity contribution >= 4 is 17.9 Å². The van der Waals surface area contributed by atoms with Crippen molar-refractivity contribution in [3.8, 4) is 0 Å². The molecule has 0 aromatic rings. The second-order valence-corrected chi connectivity index (χ2v) is 9.38. The Labute approximate surface area is 179 Å². The molecular formula is C22H26O9. The highest BCUT2D eigenvalue weighted by molar-refractivity contribution is 5.92. The van der Waals surface area contributed by atoms with Crippen LogP contribution in [0.4, 0.5) is 0 Å². The number of hydrogen-bond acceptors (Lipinski definition) is 9. The van der Waals surface area contributed by atoms with Crippen molar-refractivity contribution in [3.05, 3.63) is 23.8 Å². The predicted octanol–water partition coefficient (Wildman–Crippen LogP) is 0.442. The van der Waals surface area contributed by atoms with E-state index in [9.17, 15) is 19.5 Å². The summed E-state index contributed by atoms with van der Waals surface area (Å²) in [6.45, 7) is 9.07. The van der Waals surface area contributed by atoms with Crippen molar-refractivity contribution in [3.63, 3.8) is 0 Å². The number of aliphatic hydroxyl groups excluding tert-OH is 1. The molecule has 31 heavy (non-hydrogen) atoms. The Morgan fingerprint density at radius 2 is 2.03 bits per heavy atom. The summed E-state index contributed by atoms with van der Waals surface area (Å²) in [5.74, 6) is -2.68. The molecule has 5 fully saturated rings. The first-order chi connectivity index (χ1) is 14.6. The summed E-state index contributed by atoms with van der Waals surface area (Å²) in [6.07, 6.45) is -0.603. The molecule has 5 rings (SSSR count). The number of esters is 3. The Morgan fingerprint density at radius 1 is 1.32 bits per heavy atom. The largest absolute Gasteiger partial charge is 0.462 e. The summed E-state index contributed by atoms with van der Waals surface area (Å²) in [7, 11) is 0. The number of fused-ring (bicyclic) bond motifs is 6. The quantitative estimate of drug-likeness (QED) is 0.290. The highest BCUT2D eigenvalue weighted by Crippen LogP contribution is 2.67. The van der Waals surface area contributed by atoms with Gasteiger partial charge in [0.2, 0.25) is 0 Å². The summed E-state index contributed by atoms with van der Waals surface area (Å²) in [4.78, 5) is 36.1. The van der Waals surface area contributed by atoms with Crippen LogP contribution in [0.3, 0.4) is 0 Å². The summed E-state index contributed by atoms with van der Waals surface area (Å²) >= 11 is 0. The Balaban J connectivity index is 1.44. The van der Waals surface area contributed by atoms with Gasteiger partial charge in [-0.2, -0.15) is 0 Å². The van der Waals surface area contributed by atoms with Crippen LogP contribution < -0.4 is 0 Å². The predicted molar refractivity (Wildman–Crippen MR) is 102 cm³/mol. The second-order valence-electron chi connectivity index (χ2n) is 9.38. The van der Waals surface area contributed by atoms with Gasteiger partial charge >= 0.3 is 17.9 Å². The topological polar surface area (TPSA) is 124 Å². The molecule has 0 amide bonds. The number of hydrogen-bond donors (Lipinski definition) is 1. The van der Waals surface area contributed by atoms with E-state index < -0.39 is 53.3 Å². The van der Waals surface area contributed by atoms with Crippen LogP contribution in [0.5, 0.6) is 0 Å². The van der Waals surface area contributed by atoms with Gasteiger partial charge < -0.3 is 28.8 Å². The maximum atomic E-state index is 12.8. The first-order valence-electron chi connectivity index (χ1n) is 10.5. The van der Waals surface area contributed by atoms with Gasteiger partial charge in [-0.1, -0.05) is 6.58 Å². The minimum atomic E-state index is -0.745. The lowest BCUT2D eigenvalue weighted by atomic mass is 9.76. The molecular weight excluding hydrogens is 408 g/mol. The lowest BCUT2D eigenvalue weighted by Crippen LogP contribution is -2.44. The third-order valence-electron chi connectivity index (χ3n) is 7.56. The molecule has 3 heterocycles. The third-order valence-corrected chi connectivity index (χ3v) is 7.56. The SMILES string of the molecule is C=C1C(=O)O[C@H]2[C@@H]1[C@H](OC(=O)C(C)=CCOC(C)=O)C[C@]1(CO1)[C@@H]1[C@@H](O)[C@H]3O[C@@]3(C)[C@H]21. The first-order valence-corrected chi connectivity index (χ1v) is 10.5. The number of aliphatic hydroxyl groups is 1. The summed E-state index contributed by atoms with van der Waals surface area (Å²) in [5, 5.41) is 10.9. The second kappa shape index (κ2) is 6.63. The van der Waals surface area contributed by atoms with Gasteiger partial charge in [0.15, 0.2) is 0 Å². The Kier molecular flexibility index (Phi) is 4.42. The van der Waals surface area contributed by atoms with E-state index in [0.29, 0.717) is 13.0 Å². The van der Waals surface area contributed by atoms with E-state index in [2.05, 4.69) is 6.58 Å². The van der Waals surface area contributed by atoms with Crippen LogP contribution in [0.25, 0.3) is 0 Å². The van der Waals surface area contributed by atoms with Crippen molar-refractivity contribution in [2.45, 2.75) is 62.8 Å². The van der Waals surface area contributed by atoms with Crippen molar-refractivity contribution in [2.24, 2.45) is 17.8 Å². The van der Waals surface area contributed by atoms with E-state index in [1.165, 1.54) is 13.0 Å². The molecule has 0 bridgehead atoms. The summed E-state index contributed by atoms with van der Waals surface area (Å²) in [6, 6.07) is 0. The Morgan fingerprint density at radius 3 is 2.68 bits per heavy atom. The lowest BCUT2D eigenvalue weighted by molar-refractivity contribution is -0.150. The number of rotatable bonds is 4. The van der Waals surface area contributed by atoms with Gasteiger partial charge in [0.25, 0.3) is 0 Å². The van der Waals surface area contributed by atoms with Crippen LogP contribution in [0, 0.1) is 17.8 Å². The molecule has 0 aromatic carbocycles. The molecule has 0 radical (unpaired) electrons. The van der Waals surface area contributed by atoms with Crippen molar-refractivity contribution in [1.82, 2.24) is 0 Å². The summed E-state index contributed by atoms with van der Waals surface area (Å²) in [5.41, 5.74) is -0.735. The maximum Gasteiger partial charge on any atom is 0.334 e. The van der Waals surface area contributed by atoms with E-state index in [-0.39, 0.29) is 35.7 Å². The number of ether oxygens (including phenoxy) is 5. The van der Waals surface area contributed by atoms with E-state index in [0.717, 1.165) is 0 Å². The molecule has 0 unspecified atom stereocenters. The van der Waals surface area contributed by atoms with Crippen LogP contribution in [-0.2, 0) is 38.1 Å². The zero-order valence-corrected chi connectivity index (χ0v) is 17.7. The van der Waals surface area contributed by atoms with Crippen molar-refractivity contribution < 1.29 is 43.2 Å². The highest BCUT2D eigenvalue weighted by atomic mass is 16.6. The van der Waals surface area contributed by atoms with E-state index in [1.54, 1.807) is 6.92 Å². The van der Waals surface area contributed by atoms with Crippen LogP contribution in [0.1, 0.15) is 27.2 Å². The first kappa shape index (κ1) is 20.7. The lowest BCUT2D eigenvalue weighted by Gasteiger charge is -2.33. The molecule has 2 aliphatic carbocycles. The minimum absolute atomic E-state index is 0.0399. The van der Waals surface area contributed by atoms with E-state index >= 15 is 0 Å². The fraction of sp³-hybridized carbons (Fsp3) is 0.682. The van der Waals surface area contributed by atoms with Gasteiger partial charge in [0, 0.05) is 36.3 Å². The third kappa shape index (κ3) is 2.97. The standard InChI is InChI=1S/C22H26O9/c1-9(5-6-27-11(3)23)19(25)29-12-7-22(8-28-22)14-15(21(4)18(31-21)16(14)24)17-13(12)10(2)20(26)30-17/h5,12-18,24H,2,6-8H2,1,3-4H3/t12-,13+,14+,15+,16-,17+,18-,21+,22+/m1/s1. The number of epoxide rings is 2. The summed E-state index contributed by atoms with van der Waals surface area (Å²) < 4.78 is 28.1. The van der Waals surface area contributed by atoms with E-state index in [4.69, 9.17) is 23.7 Å². The number of carbonyl (C=O) groups excluding carboxylic acids is 3. The van der Waals surface area contributed by atoms with Gasteiger partial charge in [-0.3, -0.25) is 4.79 Å². The molecule has 3 aliphatic heterocycles. The maximum absolute atomic E-state index is 12.8. The zero-order chi connectivity index (χ0) is 22.3. The molecule has 3 saturated heterocycles. The molecule has 9 heteroatoms. The van der Waals surface area contributed by atoms with Gasteiger partial charge in [0.05, 0.1) is 18.6 Å². The van der Waals surface area contributed by atoms with Crippen molar-refractivity contribution in [1.29, 1.82) is 0 Å².